The van der Waals surface area contributed by atoms with E-state index in [9.17, 15) is 0 Å². The number of rotatable bonds is 0. The molecule has 0 aliphatic heterocycles. The normalized spacial score (nSPS) is 9.18. The van der Waals surface area contributed by atoms with Crippen LogP contribution in [0.15, 0.2) is 6.07 Å². The van der Waals surface area contributed by atoms with E-state index in [-0.39, 0.29) is 0 Å². The van der Waals surface area contributed by atoms with Crippen LogP contribution in [0.4, 0.5) is 0 Å². The van der Waals surface area contributed by atoms with Gasteiger partial charge >= 0.3 is 0 Å². The van der Waals surface area contributed by atoms with Crippen LogP contribution in [0, 0.1) is 20.8 Å². The lowest BCUT2D eigenvalue weighted by Crippen LogP contribution is -1.94. The van der Waals surface area contributed by atoms with Gasteiger partial charge in [0.15, 0.2) is 5.65 Å². The van der Waals surface area contributed by atoms with E-state index in [1.807, 2.05) is 48.5 Å². The van der Waals surface area contributed by atoms with E-state index in [1.54, 1.807) is 10.6 Å². The molecule has 0 saturated carbocycles. The molecule has 2 heterocycles. The second-order valence-corrected chi connectivity index (χ2v) is 3.55. The average Bonchev–Trinajstić information content (AvgIpc) is 2.62. The van der Waals surface area contributed by atoms with Gasteiger partial charge in [-0.15, -0.1) is 0 Å². The van der Waals surface area contributed by atoms with E-state index in [2.05, 4.69) is 10.1 Å². The van der Waals surface area contributed by atoms with Crippen molar-refractivity contribution in [2.75, 3.05) is 0 Å². The Bertz CT molecular complexity index is 475. The summed E-state index contributed by atoms with van der Waals surface area (Å²) in [6.45, 7) is 13.9. The maximum absolute atomic E-state index is 6.01. The Hall–Kier alpha value is -1.09. The summed E-state index contributed by atoms with van der Waals surface area (Å²) in [7, 11) is 0. The lowest BCUT2D eigenvalue weighted by atomic mass is 10.3. The maximum atomic E-state index is 6.01. The van der Waals surface area contributed by atoms with Gasteiger partial charge in [-0.1, -0.05) is 39.3 Å². The third-order valence-electron chi connectivity index (χ3n) is 2.14. The molecule has 0 aromatic carbocycles. The smallest absolute Gasteiger partial charge is 0.160 e. The van der Waals surface area contributed by atoms with Crippen LogP contribution in [0.2, 0.25) is 5.15 Å². The van der Waals surface area contributed by atoms with Crippen LogP contribution in [0.1, 0.15) is 44.6 Å². The number of halogens is 1. The van der Waals surface area contributed by atoms with Gasteiger partial charge in [-0.25, -0.2) is 9.50 Å². The number of aromatic nitrogens is 3. The van der Waals surface area contributed by atoms with Crippen molar-refractivity contribution < 1.29 is 0 Å². The first-order valence-electron chi connectivity index (χ1n) is 6.08. The minimum atomic E-state index is 0.610. The summed E-state index contributed by atoms with van der Waals surface area (Å²) in [5.74, 6) is 0. The minimum absolute atomic E-state index is 0.610. The second kappa shape index (κ2) is 7.28. The molecule has 0 bridgehead atoms. The van der Waals surface area contributed by atoms with Crippen molar-refractivity contribution in [2.24, 2.45) is 0 Å². The molecule has 2 aromatic rings. The molecular formula is C13H22ClN3. The molecule has 0 aliphatic carbocycles. The molecule has 2 rings (SSSR count). The summed E-state index contributed by atoms with van der Waals surface area (Å²) < 4.78 is 1.67. The van der Waals surface area contributed by atoms with Gasteiger partial charge in [0, 0.05) is 11.3 Å². The van der Waals surface area contributed by atoms with Gasteiger partial charge in [-0.2, -0.15) is 5.10 Å². The Morgan fingerprint density at radius 1 is 1.06 bits per heavy atom. The highest BCUT2D eigenvalue weighted by molar-refractivity contribution is 6.29. The van der Waals surface area contributed by atoms with E-state index >= 15 is 0 Å². The standard InChI is InChI=1S/C9H10ClN3.2C2H6/c1-5-4-8(10)13-9(11-5)6(2)7(3)12-13;2*1-2/h4H,1-3H3;2*1-2H3. The predicted molar refractivity (Wildman–Crippen MR) is 74.9 cm³/mol. The van der Waals surface area contributed by atoms with Crippen LogP contribution in [0.25, 0.3) is 5.65 Å². The van der Waals surface area contributed by atoms with Gasteiger partial charge < -0.3 is 0 Å². The molecule has 2 aromatic heterocycles. The van der Waals surface area contributed by atoms with E-state index < -0.39 is 0 Å². The number of hydrogen-bond donors (Lipinski definition) is 0. The topological polar surface area (TPSA) is 30.2 Å². The highest BCUT2D eigenvalue weighted by atomic mass is 35.5. The summed E-state index contributed by atoms with van der Waals surface area (Å²) in [5.41, 5.74) is 3.83. The zero-order valence-electron chi connectivity index (χ0n) is 11.8. The van der Waals surface area contributed by atoms with Crippen molar-refractivity contribution in [1.29, 1.82) is 0 Å². The van der Waals surface area contributed by atoms with E-state index in [1.165, 1.54) is 0 Å². The molecular weight excluding hydrogens is 234 g/mol. The second-order valence-electron chi connectivity index (χ2n) is 3.17. The van der Waals surface area contributed by atoms with Crippen molar-refractivity contribution in [3.63, 3.8) is 0 Å². The lowest BCUT2D eigenvalue weighted by Gasteiger charge is -1.98. The van der Waals surface area contributed by atoms with E-state index in [0.29, 0.717) is 5.15 Å². The fourth-order valence-electron chi connectivity index (χ4n) is 1.31. The van der Waals surface area contributed by atoms with Gasteiger partial charge in [-0.3, -0.25) is 0 Å². The number of fused-ring (bicyclic) bond motifs is 1. The molecule has 0 spiro atoms. The van der Waals surface area contributed by atoms with Gasteiger partial charge in [-0.05, 0) is 26.8 Å². The van der Waals surface area contributed by atoms with E-state index in [4.69, 9.17) is 11.6 Å². The summed E-state index contributed by atoms with van der Waals surface area (Å²) in [6.07, 6.45) is 0. The summed E-state index contributed by atoms with van der Waals surface area (Å²) >= 11 is 6.01. The highest BCUT2D eigenvalue weighted by Crippen LogP contribution is 2.17. The van der Waals surface area contributed by atoms with Crippen molar-refractivity contribution in [1.82, 2.24) is 14.6 Å². The van der Waals surface area contributed by atoms with Gasteiger partial charge in [0.05, 0.1) is 5.69 Å². The van der Waals surface area contributed by atoms with Crippen LogP contribution in [0.3, 0.4) is 0 Å². The summed E-state index contributed by atoms with van der Waals surface area (Å²) in [6, 6.07) is 1.81. The number of nitrogens with zero attached hydrogens (tertiary/aromatic N) is 3. The highest BCUT2D eigenvalue weighted by Gasteiger charge is 2.08. The largest absolute Gasteiger partial charge is 0.233 e. The number of aryl methyl sites for hydroxylation is 3. The van der Waals surface area contributed by atoms with Crippen molar-refractivity contribution in [3.8, 4) is 0 Å². The molecule has 0 atom stereocenters. The monoisotopic (exact) mass is 255 g/mol. The van der Waals surface area contributed by atoms with Gasteiger partial charge in [0.1, 0.15) is 5.15 Å². The third kappa shape index (κ3) is 3.43. The van der Waals surface area contributed by atoms with Crippen LogP contribution in [-0.4, -0.2) is 14.6 Å². The third-order valence-corrected chi connectivity index (χ3v) is 2.41. The molecule has 0 saturated heterocycles. The Balaban J connectivity index is 0.000000581. The molecule has 0 aliphatic rings. The molecule has 17 heavy (non-hydrogen) atoms. The molecule has 4 heteroatoms. The molecule has 0 unspecified atom stereocenters. The van der Waals surface area contributed by atoms with Crippen LogP contribution >= 0.6 is 11.6 Å². The van der Waals surface area contributed by atoms with Crippen LogP contribution < -0.4 is 0 Å². The van der Waals surface area contributed by atoms with E-state index in [0.717, 1.165) is 22.6 Å². The molecule has 0 amide bonds. The molecule has 0 N–H and O–H groups in total. The number of hydrogen-bond acceptors (Lipinski definition) is 2. The maximum Gasteiger partial charge on any atom is 0.160 e. The quantitative estimate of drug-likeness (QED) is 0.655. The van der Waals surface area contributed by atoms with Crippen molar-refractivity contribution >= 4 is 17.2 Å². The molecule has 0 radical (unpaired) electrons. The minimum Gasteiger partial charge on any atom is -0.233 e. The van der Waals surface area contributed by atoms with Gasteiger partial charge in [0.2, 0.25) is 0 Å². The molecule has 96 valence electrons. The first-order valence-corrected chi connectivity index (χ1v) is 6.46. The first-order chi connectivity index (χ1) is 8.09. The molecule has 3 nitrogen and oxygen atoms in total. The average molecular weight is 256 g/mol. The Kier molecular flexibility index (Phi) is 6.81. The van der Waals surface area contributed by atoms with Gasteiger partial charge in [0.25, 0.3) is 0 Å². The fourth-order valence-corrected chi connectivity index (χ4v) is 1.58. The lowest BCUT2D eigenvalue weighted by molar-refractivity contribution is 0.910. The Labute approximate surface area is 109 Å². The first kappa shape index (κ1) is 15.9. The summed E-state index contributed by atoms with van der Waals surface area (Å²) in [4.78, 5) is 4.37. The Morgan fingerprint density at radius 2 is 1.59 bits per heavy atom. The zero-order valence-corrected chi connectivity index (χ0v) is 12.6. The van der Waals surface area contributed by atoms with Crippen LogP contribution in [0.5, 0.6) is 0 Å². The Morgan fingerprint density at radius 3 is 2.12 bits per heavy atom. The molecule has 0 fully saturated rings. The zero-order chi connectivity index (χ0) is 13.6. The van der Waals surface area contributed by atoms with Crippen molar-refractivity contribution in [2.45, 2.75) is 48.5 Å². The van der Waals surface area contributed by atoms with Crippen molar-refractivity contribution in [3.05, 3.63) is 28.2 Å². The van der Waals surface area contributed by atoms with Crippen LogP contribution in [-0.2, 0) is 0 Å². The summed E-state index contributed by atoms with van der Waals surface area (Å²) in [5, 5.41) is 4.89. The SMILES string of the molecule is CC.CC.Cc1cc(Cl)n2nc(C)c(C)c2n1. The predicted octanol–water partition coefficient (Wildman–Crippen LogP) is 4.36. The fraction of sp³-hybridized carbons (Fsp3) is 0.538.